The third-order valence-electron chi connectivity index (χ3n) is 3.41. The zero-order chi connectivity index (χ0) is 15.1. The molecular formula is C15H26N4O. The van der Waals surface area contributed by atoms with Gasteiger partial charge in [-0.1, -0.05) is 27.7 Å². The van der Waals surface area contributed by atoms with Crippen LogP contribution in [-0.2, 0) is 0 Å². The summed E-state index contributed by atoms with van der Waals surface area (Å²) in [5.41, 5.74) is 3.70. The van der Waals surface area contributed by atoms with Gasteiger partial charge in [-0.15, -0.1) is 0 Å². The van der Waals surface area contributed by atoms with Crippen molar-refractivity contribution in [1.29, 1.82) is 0 Å². The summed E-state index contributed by atoms with van der Waals surface area (Å²) in [5.74, 6) is 5.91. The van der Waals surface area contributed by atoms with Crippen molar-refractivity contribution in [1.82, 2.24) is 9.88 Å². The third-order valence-corrected chi connectivity index (χ3v) is 3.41. The lowest BCUT2D eigenvalue weighted by atomic mass is 10.1. The van der Waals surface area contributed by atoms with Crippen molar-refractivity contribution in [3.63, 3.8) is 0 Å². The van der Waals surface area contributed by atoms with Gasteiger partial charge < -0.3 is 10.3 Å². The van der Waals surface area contributed by atoms with Gasteiger partial charge in [0.25, 0.3) is 5.91 Å². The van der Waals surface area contributed by atoms with Gasteiger partial charge in [-0.25, -0.2) is 0 Å². The average molecular weight is 278 g/mol. The highest BCUT2D eigenvalue weighted by Gasteiger charge is 2.24. The summed E-state index contributed by atoms with van der Waals surface area (Å²) >= 11 is 0. The van der Waals surface area contributed by atoms with E-state index >= 15 is 0 Å². The molecule has 1 heterocycles. The minimum atomic E-state index is 0.0164. The van der Waals surface area contributed by atoms with E-state index in [1.165, 1.54) is 0 Å². The standard InChI is InChI=1S/C15H26N4O/c1-5-12(6-2)19(10-11(3)4)15(20)13-7-8-17-9-14(13)18-16/h7-9,11-12,18H,5-6,10,16H2,1-4H3. The molecule has 0 aliphatic rings. The Balaban J connectivity index is 3.09. The van der Waals surface area contributed by atoms with E-state index in [0.717, 1.165) is 19.4 Å². The van der Waals surface area contributed by atoms with Gasteiger partial charge in [-0.3, -0.25) is 15.6 Å². The number of anilines is 1. The summed E-state index contributed by atoms with van der Waals surface area (Å²) in [7, 11) is 0. The number of carbonyl (C=O) groups excluding carboxylic acids is 1. The Morgan fingerprint density at radius 3 is 2.55 bits per heavy atom. The minimum Gasteiger partial charge on any atom is -0.335 e. The van der Waals surface area contributed by atoms with E-state index < -0.39 is 0 Å². The van der Waals surface area contributed by atoms with Crippen molar-refractivity contribution in [2.75, 3.05) is 12.0 Å². The second-order valence-corrected chi connectivity index (χ2v) is 5.39. The maximum absolute atomic E-state index is 12.8. The molecule has 0 aliphatic carbocycles. The molecule has 0 spiro atoms. The highest BCUT2D eigenvalue weighted by atomic mass is 16.2. The molecular weight excluding hydrogens is 252 g/mol. The molecule has 5 nitrogen and oxygen atoms in total. The first-order valence-electron chi connectivity index (χ1n) is 7.26. The van der Waals surface area contributed by atoms with Crippen LogP contribution in [0.2, 0.25) is 0 Å². The number of rotatable bonds is 7. The molecule has 3 N–H and O–H groups in total. The highest BCUT2D eigenvalue weighted by molar-refractivity contribution is 5.99. The number of nitrogens with zero attached hydrogens (tertiary/aromatic N) is 2. The monoisotopic (exact) mass is 278 g/mol. The molecule has 1 aromatic heterocycles. The van der Waals surface area contributed by atoms with Crippen LogP contribution in [0.1, 0.15) is 50.9 Å². The number of hydrazine groups is 1. The van der Waals surface area contributed by atoms with E-state index in [0.29, 0.717) is 17.2 Å². The number of aromatic nitrogens is 1. The lowest BCUT2D eigenvalue weighted by molar-refractivity contribution is 0.0641. The molecule has 0 fully saturated rings. The molecule has 5 heteroatoms. The van der Waals surface area contributed by atoms with E-state index in [1.807, 2.05) is 4.90 Å². The molecule has 1 rings (SSSR count). The first-order chi connectivity index (χ1) is 9.54. The Kier molecular flexibility index (Phi) is 6.45. The van der Waals surface area contributed by atoms with Gasteiger partial charge in [0, 0.05) is 18.8 Å². The van der Waals surface area contributed by atoms with Crippen LogP contribution < -0.4 is 11.3 Å². The predicted molar refractivity (Wildman–Crippen MR) is 82.3 cm³/mol. The van der Waals surface area contributed by atoms with E-state index in [-0.39, 0.29) is 11.9 Å². The Hall–Kier alpha value is -1.62. The summed E-state index contributed by atoms with van der Waals surface area (Å²) in [6.45, 7) is 9.22. The van der Waals surface area contributed by atoms with Gasteiger partial charge in [-0.2, -0.15) is 0 Å². The molecule has 0 atom stereocenters. The van der Waals surface area contributed by atoms with Gasteiger partial charge in [0.05, 0.1) is 17.4 Å². The van der Waals surface area contributed by atoms with Crippen LogP contribution in [0.4, 0.5) is 5.69 Å². The fourth-order valence-corrected chi connectivity index (χ4v) is 2.37. The smallest absolute Gasteiger partial charge is 0.256 e. The number of hydrogen-bond donors (Lipinski definition) is 2. The van der Waals surface area contributed by atoms with Crippen molar-refractivity contribution in [3.05, 3.63) is 24.0 Å². The predicted octanol–water partition coefficient (Wildman–Crippen LogP) is 2.65. The van der Waals surface area contributed by atoms with Crippen LogP contribution in [0.5, 0.6) is 0 Å². The number of nitrogens with one attached hydrogen (secondary N) is 1. The van der Waals surface area contributed by atoms with E-state index in [9.17, 15) is 4.79 Å². The molecule has 112 valence electrons. The molecule has 20 heavy (non-hydrogen) atoms. The molecule has 1 amide bonds. The molecule has 0 bridgehead atoms. The summed E-state index contributed by atoms with van der Waals surface area (Å²) in [6, 6.07) is 1.97. The molecule has 0 radical (unpaired) electrons. The van der Waals surface area contributed by atoms with Crippen LogP contribution >= 0.6 is 0 Å². The van der Waals surface area contributed by atoms with Crippen molar-refractivity contribution in [2.45, 2.75) is 46.6 Å². The van der Waals surface area contributed by atoms with E-state index in [1.54, 1.807) is 18.5 Å². The number of amides is 1. The van der Waals surface area contributed by atoms with Crippen molar-refractivity contribution in [2.24, 2.45) is 11.8 Å². The van der Waals surface area contributed by atoms with Gasteiger partial charge in [0.2, 0.25) is 0 Å². The molecule has 0 unspecified atom stereocenters. The van der Waals surface area contributed by atoms with Gasteiger partial charge in [0.15, 0.2) is 0 Å². The van der Waals surface area contributed by atoms with Crippen LogP contribution in [0.15, 0.2) is 18.5 Å². The maximum atomic E-state index is 12.8. The number of nitrogen functional groups attached to an aromatic ring is 1. The number of carbonyl (C=O) groups is 1. The SMILES string of the molecule is CCC(CC)N(CC(C)C)C(=O)c1ccncc1NN. The Bertz CT molecular complexity index is 430. The zero-order valence-corrected chi connectivity index (χ0v) is 12.9. The lowest BCUT2D eigenvalue weighted by Gasteiger charge is -2.32. The molecule has 0 aliphatic heterocycles. The molecule has 0 aromatic carbocycles. The number of pyridine rings is 1. The molecule has 0 saturated heterocycles. The van der Waals surface area contributed by atoms with Crippen molar-refractivity contribution >= 4 is 11.6 Å². The first-order valence-corrected chi connectivity index (χ1v) is 7.26. The second kappa shape index (κ2) is 7.85. The Labute approximate surface area is 121 Å². The second-order valence-electron chi connectivity index (χ2n) is 5.39. The summed E-state index contributed by atoms with van der Waals surface area (Å²) < 4.78 is 0. The summed E-state index contributed by atoms with van der Waals surface area (Å²) in [6.07, 6.45) is 5.10. The molecule has 0 saturated carbocycles. The van der Waals surface area contributed by atoms with Crippen molar-refractivity contribution < 1.29 is 4.79 Å². The van der Waals surface area contributed by atoms with Gasteiger partial charge in [0.1, 0.15) is 0 Å². The van der Waals surface area contributed by atoms with Gasteiger partial charge in [-0.05, 0) is 24.8 Å². The van der Waals surface area contributed by atoms with Crippen LogP contribution in [0.3, 0.4) is 0 Å². The van der Waals surface area contributed by atoms with E-state index in [4.69, 9.17) is 5.84 Å². The molecule has 1 aromatic rings. The highest BCUT2D eigenvalue weighted by Crippen LogP contribution is 2.20. The topological polar surface area (TPSA) is 71.2 Å². The Morgan fingerprint density at radius 2 is 2.05 bits per heavy atom. The third kappa shape index (κ3) is 3.93. The van der Waals surface area contributed by atoms with Crippen molar-refractivity contribution in [3.8, 4) is 0 Å². The first kappa shape index (κ1) is 16.4. The van der Waals surface area contributed by atoms with Crippen LogP contribution in [-0.4, -0.2) is 28.4 Å². The number of nitrogens with two attached hydrogens (primary N) is 1. The summed E-state index contributed by atoms with van der Waals surface area (Å²) in [4.78, 5) is 18.8. The lowest BCUT2D eigenvalue weighted by Crippen LogP contribution is -2.42. The minimum absolute atomic E-state index is 0.0164. The van der Waals surface area contributed by atoms with Crippen LogP contribution in [0.25, 0.3) is 0 Å². The Morgan fingerprint density at radius 1 is 1.40 bits per heavy atom. The fourth-order valence-electron chi connectivity index (χ4n) is 2.37. The number of hydrogen-bond acceptors (Lipinski definition) is 4. The maximum Gasteiger partial charge on any atom is 0.256 e. The average Bonchev–Trinajstić information content (AvgIpc) is 2.46. The zero-order valence-electron chi connectivity index (χ0n) is 12.9. The van der Waals surface area contributed by atoms with Gasteiger partial charge >= 0.3 is 0 Å². The summed E-state index contributed by atoms with van der Waals surface area (Å²) in [5, 5.41) is 0. The largest absolute Gasteiger partial charge is 0.335 e. The quantitative estimate of drug-likeness (QED) is 0.594. The van der Waals surface area contributed by atoms with Crippen LogP contribution in [0, 0.1) is 5.92 Å². The van der Waals surface area contributed by atoms with E-state index in [2.05, 4.69) is 38.1 Å². The fraction of sp³-hybridized carbons (Fsp3) is 0.600. The normalized spacial score (nSPS) is 10.9.